The predicted molar refractivity (Wildman–Crippen MR) is 66.5 cm³/mol. The molecule has 100 valence electrons. The van der Waals surface area contributed by atoms with Gasteiger partial charge < -0.3 is 14.6 Å². The molecule has 0 saturated carbocycles. The Kier molecular flexibility index (Phi) is 3.91. The smallest absolute Gasteiger partial charge is 0.224 e. The largest absolute Gasteiger partial charge is 0.481 e. The molecule has 0 unspecified atom stereocenters. The number of hydrogen-bond acceptors (Lipinski definition) is 5. The first-order valence-corrected chi connectivity index (χ1v) is 5.54. The van der Waals surface area contributed by atoms with Crippen LogP contribution in [0.1, 0.15) is 5.69 Å². The fourth-order valence-corrected chi connectivity index (χ4v) is 1.67. The summed E-state index contributed by atoms with van der Waals surface area (Å²) in [5, 5.41) is 9.06. The molecule has 0 aliphatic carbocycles. The van der Waals surface area contributed by atoms with Gasteiger partial charge in [0.25, 0.3) is 0 Å². The first-order chi connectivity index (χ1) is 9.19. The third-order valence-electron chi connectivity index (χ3n) is 2.60. The Bertz CT molecular complexity index is 590. The Labute approximate surface area is 109 Å². The zero-order valence-electron chi connectivity index (χ0n) is 10.6. The molecule has 5 nitrogen and oxygen atoms in total. The van der Waals surface area contributed by atoms with Gasteiger partial charge in [-0.05, 0) is 12.1 Å². The maximum atomic E-state index is 13.8. The van der Waals surface area contributed by atoms with Crippen LogP contribution in [0, 0.1) is 5.82 Å². The summed E-state index contributed by atoms with van der Waals surface area (Å²) >= 11 is 0. The van der Waals surface area contributed by atoms with Crippen molar-refractivity contribution in [3.63, 3.8) is 0 Å². The molecule has 2 aromatic rings. The molecule has 6 heteroatoms. The van der Waals surface area contributed by atoms with Crippen molar-refractivity contribution in [1.82, 2.24) is 9.97 Å². The standard InChI is InChI=1S/C13H13FN2O3/c1-18-12-4-3-9(13(16-12)19-2)10-5-8(7-17)15-6-11(10)14/h3-6,17H,7H2,1-2H3. The lowest BCUT2D eigenvalue weighted by atomic mass is 10.1. The number of methoxy groups -OCH3 is 2. The Balaban J connectivity index is 2.57. The van der Waals surface area contributed by atoms with Gasteiger partial charge in [0.15, 0.2) is 0 Å². The first-order valence-electron chi connectivity index (χ1n) is 5.54. The molecule has 1 N–H and O–H groups in total. The fourth-order valence-electron chi connectivity index (χ4n) is 1.67. The van der Waals surface area contributed by atoms with E-state index < -0.39 is 5.82 Å². The van der Waals surface area contributed by atoms with Crippen molar-refractivity contribution >= 4 is 0 Å². The number of aliphatic hydroxyl groups is 1. The van der Waals surface area contributed by atoms with Crippen LogP contribution in [0.5, 0.6) is 11.8 Å². The zero-order chi connectivity index (χ0) is 13.8. The third kappa shape index (κ3) is 2.63. The van der Waals surface area contributed by atoms with Crippen LogP contribution >= 0.6 is 0 Å². The van der Waals surface area contributed by atoms with E-state index in [0.717, 1.165) is 6.20 Å². The van der Waals surface area contributed by atoms with Crippen molar-refractivity contribution in [1.29, 1.82) is 0 Å². The van der Waals surface area contributed by atoms with Gasteiger partial charge in [-0.1, -0.05) is 0 Å². The molecule has 0 spiro atoms. The van der Waals surface area contributed by atoms with Crippen molar-refractivity contribution in [2.45, 2.75) is 6.61 Å². The molecule has 0 saturated heterocycles. The van der Waals surface area contributed by atoms with Crippen LogP contribution in [0.2, 0.25) is 0 Å². The molecule has 2 heterocycles. The van der Waals surface area contributed by atoms with Crippen molar-refractivity contribution < 1.29 is 19.0 Å². The van der Waals surface area contributed by atoms with Gasteiger partial charge in [-0.25, -0.2) is 4.39 Å². The van der Waals surface area contributed by atoms with Crippen molar-refractivity contribution in [3.8, 4) is 22.9 Å². The molecular formula is C13H13FN2O3. The van der Waals surface area contributed by atoms with Gasteiger partial charge in [-0.3, -0.25) is 4.98 Å². The van der Waals surface area contributed by atoms with Crippen LogP contribution in [-0.2, 0) is 6.61 Å². The van der Waals surface area contributed by atoms with Crippen LogP contribution in [0.15, 0.2) is 24.4 Å². The van der Waals surface area contributed by atoms with E-state index in [1.165, 1.54) is 20.3 Å². The number of ether oxygens (including phenoxy) is 2. The summed E-state index contributed by atoms with van der Waals surface area (Å²) in [5.41, 5.74) is 1.11. The number of halogens is 1. The van der Waals surface area contributed by atoms with E-state index in [0.29, 0.717) is 17.1 Å². The second kappa shape index (κ2) is 5.62. The minimum absolute atomic E-state index is 0.244. The molecule has 2 aromatic heterocycles. The monoisotopic (exact) mass is 264 g/mol. The lowest BCUT2D eigenvalue weighted by Gasteiger charge is -2.10. The normalized spacial score (nSPS) is 10.3. The first kappa shape index (κ1) is 13.2. The van der Waals surface area contributed by atoms with Gasteiger partial charge in [-0.15, -0.1) is 0 Å². The van der Waals surface area contributed by atoms with E-state index in [9.17, 15) is 4.39 Å². The Morgan fingerprint density at radius 3 is 2.63 bits per heavy atom. The van der Waals surface area contributed by atoms with Gasteiger partial charge in [0, 0.05) is 17.2 Å². The zero-order valence-corrected chi connectivity index (χ0v) is 10.6. The van der Waals surface area contributed by atoms with Crippen LogP contribution < -0.4 is 9.47 Å². The lowest BCUT2D eigenvalue weighted by Crippen LogP contribution is -1.98. The number of pyridine rings is 2. The van der Waals surface area contributed by atoms with E-state index in [-0.39, 0.29) is 18.1 Å². The molecule has 0 bridgehead atoms. The van der Waals surface area contributed by atoms with Crippen LogP contribution in [0.25, 0.3) is 11.1 Å². The van der Waals surface area contributed by atoms with Crippen molar-refractivity contribution in [2.24, 2.45) is 0 Å². The molecular weight excluding hydrogens is 251 g/mol. The second-order valence-corrected chi connectivity index (χ2v) is 3.72. The van der Waals surface area contributed by atoms with Gasteiger partial charge >= 0.3 is 0 Å². The van der Waals surface area contributed by atoms with E-state index >= 15 is 0 Å². The highest BCUT2D eigenvalue weighted by molar-refractivity contribution is 5.69. The van der Waals surface area contributed by atoms with Crippen molar-refractivity contribution in [2.75, 3.05) is 14.2 Å². The van der Waals surface area contributed by atoms with E-state index in [1.54, 1.807) is 12.1 Å². The van der Waals surface area contributed by atoms with E-state index in [4.69, 9.17) is 14.6 Å². The summed E-state index contributed by atoms with van der Waals surface area (Å²) in [5.74, 6) is 0.105. The number of rotatable bonds is 4. The van der Waals surface area contributed by atoms with Crippen molar-refractivity contribution in [3.05, 3.63) is 35.9 Å². The number of aromatic nitrogens is 2. The summed E-state index contributed by atoms with van der Waals surface area (Å²) in [6, 6.07) is 4.71. The topological polar surface area (TPSA) is 64.5 Å². The average molecular weight is 264 g/mol. The number of aliphatic hydroxyl groups excluding tert-OH is 1. The van der Waals surface area contributed by atoms with E-state index in [2.05, 4.69) is 9.97 Å². The Hall–Kier alpha value is -2.21. The highest BCUT2D eigenvalue weighted by atomic mass is 19.1. The van der Waals surface area contributed by atoms with Crippen LogP contribution in [0.4, 0.5) is 4.39 Å². The maximum absolute atomic E-state index is 13.8. The summed E-state index contributed by atoms with van der Waals surface area (Å²) in [4.78, 5) is 7.85. The van der Waals surface area contributed by atoms with Gasteiger partial charge in [0.2, 0.25) is 11.8 Å². The lowest BCUT2D eigenvalue weighted by molar-refractivity contribution is 0.276. The average Bonchev–Trinajstić information content (AvgIpc) is 2.47. The molecule has 0 atom stereocenters. The van der Waals surface area contributed by atoms with E-state index in [1.807, 2.05) is 0 Å². The van der Waals surface area contributed by atoms with Crippen LogP contribution in [0.3, 0.4) is 0 Å². The van der Waals surface area contributed by atoms with Gasteiger partial charge in [-0.2, -0.15) is 4.98 Å². The number of hydrogen-bond donors (Lipinski definition) is 1. The van der Waals surface area contributed by atoms with Crippen LogP contribution in [-0.4, -0.2) is 29.3 Å². The van der Waals surface area contributed by atoms with Gasteiger partial charge in [0.1, 0.15) is 5.82 Å². The molecule has 0 aliphatic rings. The molecule has 0 radical (unpaired) electrons. The van der Waals surface area contributed by atoms with Gasteiger partial charge in [0.05, 0.1) is 32.7 Å². The fraction of sp³-hybridized carbons (Fsp3) is 0.231. The molecule has 19 heavy (non-hydrogen) atoms. The SMILES string of the molecule is COc1ccc(-c2cc(CO)ncc2F)c(OC)n1. The minimum Gasteiger partial charge on any atom is -0.481 e. The molecule has 0 aliphatic heterocycles. The number of nitrogens with zero attached hydrogens (tertiary/aromatic N) is 2. The minimum atomic E-state index is -0.512. The molecule has 0 fully saturated rings. The second-order valence-electron chi connectivity index (χ2n) is 3.72. The molecule has 0 amide bonds. The quantitative estimate of drug-likeness (QED) is 0.912. The molecule has 2 rings (SSSR count). The highest BCUT2D eigenvalue weighted by Gasteiger charge is 2.14. The third-order valence-corrected chi connectivity index (χ3v) is 2.60. The maximum Gasteiger partial charge on any atom is 0.224 e. The highest BCUT2D eigenvalue weighted by Crippen LogP contribution is 2.32. The summed E-state index contributed by atoms with van der Waals surface area (Å²) < 4.78 is 23.9. The summed E-state index contributed by atoms with van der Waals surface area (Å²) in [7, 11) is 2.93. The Morgan fingerprint density at radius 1 is 1.21 bits per heavy atom. The molecule has 0 aromatic carbocycles. The Morgan fingerprint density at radius 2 is 2.00 bits per heavy atom. The predicted octanol–water partition coefficient (Wildman–Crippen LogP) is 1.79. The summed E-state index contributed by atoms with van der Waals surface area (Å²) in [6.45, 7) is -0.265. The summed E-state index contributed by atoms with van der Waals surface area (Å²) in [6.07, 6.45) is 1.06.